The molecular formula is C24H26O. The normalized spacial score (nSPS) is 11.5. The van der Waals surface area contributed by atoms with E-state index in [0.29, 0.717) is 6.42 Å². The molecule has 0 unspecified atom stereocenters. The average molecular weight is 330 g/mol. The molecule has 0 radical (unpaired) electrons. The first-order valence-corrected chi connectivity index (χ1v) is 9.12. The Labute approximate surface area is 151 Å². The first-order chi connectivity index (χ1) is 12.2. The van der Waals surface area contributed by atoms with Crippen LogP contribution in [0.4, 0.5) is 0 Å². The van der Waals surface area contributed by atoms with Crippen LogP contribution in [-0.4, -0.2) is 5.11 Å². The lowest BCUT2D eigenvalue weighted by atomic mass is 9.78. The van der Waals surface area contributed by atoms with E-state index in [0.717, 1.165) is 24.0 Å². The van der Waals surface area contributed by atoms with E-state index < -0.39 is 5.60 Å². The summed E-state index contributed by atoms with van der Waals surface area (Å²) in [5.74, 6) is 0. The van der Waals surface area contributed by atoms with Gasteiger partial charge in [0.15, 0.2) is 0 Å². The van der Waals surface area contributed by atoms with E-state index in [9.17, 15) is 5.11 Å². The first-order valence-electron chi connectivity index (χ1n) is 9.12. The van der Waals surface area contributed by atoms with E-state index in [1.165, 1.54) is 16.7 Å². The maximum absolute atomic E-state index is 11.8. The van der Waals surface area contributed by atoms with Crippen LogP contribution in [0.5, 0.6) is 0 Å². The zero-order chi connectivity index (χ0) is 17.7. The summed E-state index contributed by atoms with van der Waals surface area (Å²) in [6.07, 6.45) is 2.54. The zero-order valence-electron chi connectivity index (χ0n) is 15.1. The van der Waals surface area contributed by atoms with Gasteiger partial charge >= 0.3 is 0 Å². The van der Waals surface area contributed by atoms with Crippen molar-refractivity contribution in [2.24, 2.45) is 0 Å². The molecule has 1 heteroatoms. The van der Waals surface area contributed by atoms with Gasteiger partial charge in [0, 0.05) is 6.42 Å². The van der Waals surface area contributed by atoms with Gasteiger partial charge in [0.25, 0.3) is 0 Å². The molecule has 3 aromatic rings. The van der Waals surface area contributed by atoms with Gasteiger partial charge in [0.2, 0.25) is 0 Å². The monoisotopic (exact) mass is 330 g/mol. The van der Waals surface area contributed by atoms with E-state index in [-0.39, 0.29) is 0 Å². The Morgan fingerprint density at radius 3 is 1.48 bits per heavy atom. The minimum atomic E-state index is -1.03. The van der Waals surface area contributed by atoms with E-state index in [4.69, 9.17) is 0 Å². The van der Waals surface area contributed by atoms with Crippen molar-refractivity contribution >= 4 is 0 Å². The second-order valence-corrected chi connectivity index (χ2v) is 6.53. The van der Waals surface area contributed by atoms with Gasteiger partial charge in [-0.25, -0.2) is 0 Å². The molecule has 25 heavy (non-hydrogen) atoms. The number of rotatable bonds is 6. The number of benzene rings is 3. The maximum atomic E-state index is 11.8. The highest BCUT2D eigenvalue weighted by Gasteiger charge is 2.32. The van der Waals surface area contributed by atoms with Crippen molar-refractivity contribution in [2.75, 3.05) is 0 Å². The molecule has 0 aliphatic carbocycles. The summed E-state index contributed by atoms with van der Waals surface area (Å²) in [6, 6.07) is 26.6. The molecule has 128 valence electrons. The van der Waals surface area contributed by atoms with Gasteiger partial charge in [0.05, 0.1) is 0 Å². The van der Waals surface area contributed by atoms with E-state index in [1.54, 1.807) is 0 Å². The zero-order valence-corrected chi connectivity index (χ0v) is 15.1. The molecule has 3 aromatic carbocycles. The summed E-state index contributed by atoms with van der Waals surface area (Å²) in [5, 5.41) is 11.8. The van der Waals surface area contributed by atoms with Crippen LogP contribution in [-0.2, 0) is 24.9 Å². The van der Waals surface area contributed by atoms with Gasteiger partial charge in [-0.1, -0.05) is 92.7 Å². The van der Waals surface area contributed by atoms with Gasteiger partial charge < -0.3 is 5.11 Å². The Morgan fingerprint density at radius 1 is 0.640 bits per heavy atom. The quantitative estimate of drug-likeness (QED) is 0.651. The van der Waals surface area contributed by atoms with Crippen molar-refractivity contribution in [3.63, 3.8) is 0 Å². The van der Waals surface area contributed by atoms with Crippen LogP contribution in [0.2, 0.25) is 0 Å². The Balaban J connectivity index is 2.15. The lowest BCUT2D eigenvalue weighted by molar-refractivity contribution is 0.0807. The molecule has 3 rings (SSSR count). The number of hydrogen-bond acceptors (Lipinski definition) is 1. The van der Waals surface area contributed by atoms with Gasteiger partial charge in [-0.15, -0.1) is 0 Å². The molecule has 0 aromatic heterocycles. The predicted molar refractivity (Wildman–Crippen MR) is 105 cm³/mol. The third-order valence-electron chi connectivity index (χ3n) is 5.07. The Kier molecular flexibility index (Phi) is 5.35. The molecule has 0 atom stereocenters. The molecule has 0 aliphatic heterocycles. The summed E-state index contributed by atoms with van der Waals surface area (Å²) in [4.78, 5) is 0. The number of hydrogen-bond donors (Lipinski definition) is 1. The minimum Gasteiger partial charge on any atom is -0.380 e. The summed E-state index contributed by atoms with van der Waals surface area (Å²) in [5.41, 5.74) is 4.78. The predicted octanol–water partition coefficient (Wildman–Crippen LogP) is 5.29. The van der Waals surface area contributed by atoms with Crippen molar-refractivity contribution in [1.82, 2.24) is 0 Å². The standard InChI is InChI=1S/C24H26O/c1-3-19-12-11-13-20(4-2)23(19)18-24(25,21-14-7-5-8-15-21)22-16-9-6-10-17-22/h5-17,25H,3-4,18H2,1-2H3. The molecular weight excluding hydrogens is 304 g/mol. The lowest BCUT2D eigenvalue weighted by Crippen LogP contribution is -2.31. The van der Waals surface area contributed by atoms with Gasteiger partial charge in [-0.2, -0.15) is 0 Å². The molecule has 0 spiro atoms. The second-order valence-electron chi connectivity index (χ2n) is 6.53. The van der Waals surface area contributed by atoms with Crippen molar-refractivity contribution < 1.29 is 5.11 Å². The van der Waals surface area contributed by atoms with Gasteiger partial charge in [-0.05, 0) is 40.7 Å². The average Bonchev–Trinajstić information content (AvgIpc) is 2.69. The van der Waals surface area contributed by atoms with Crippen molar-refractivity contribution in [3.8, 4) is 0 Å². The molecule has 0 fully saturated rings. The summed E-state index contributed by atoms with van der Waals surface area (Å²) < 4.78 is 0. The number of aryl methyl sites for hydroxylation is 2. The molecule has 1 N–H and O–H groups in total. The third kappa shape index (κ3) is 3.52. The van der Waals surface area contributed by atoms with Gasteiger partial charge in [-0.3, -0.25) is 0 Å². The number of aliphatic hydroxyl groups is 1. The Hall–Kier alpha value is -2.38. The largest absolute Gasteiger partial charge is 0.380 e. The van der Waals surface area contributed by atoms with Gasteiger partial charge in [0.1, 0.15) is 5.60 Å². The smallest absolute Gasteiger partial charge is 0.119 e. The highest BCUT2D eigenvalue weighted by molar-refractivity contribution is 5.43. The highest BCUT2D eigenvalue weighted by atomic mass is 16.3. The Bertz CT molecular complexity index is 744. The van der Waals surface area contributed by atoms with Crippen LogP contribution in [0.15, 0.2) is 78.9 Å². The molecule has 0 amide bonds. The molecule has 0 aliphatic rings. The maximum Gasteiger partial charge on any atom is 0.119 e. The SMILES string of the molecule is CCc1cccc(CC)c1CC(O)(c1ccccc1)c1ccccc1. The molecule has 0 heterocycles. The summed E-state index contributed by atoms with van der Waals surface area (Å²) in [6.45, 7) is 4.37. The van der Waals surface area contributed by atoms with Crippen LogP contribution in [0, 0.1) is 0 Å². The molecule has 0 bridgehead atoms. The summed E-state index contributed by atoms with van der Waals surface area (Å²) in [7, 11) is 0. The fourth-order valence-electron chi connectivity index (χ4n) is 3.63. The van der Waals surface area contributed by atoms with Crippen LogP contribution in [0.3, 0.4) is 0 Å². The molecule has 0 saturated heterocycles. The third-order valence-corrected chi connectivity index (χ3v) is 5.07. The molecule has 1 nitrogen and oxygen atoms in total. The molecule has 0 saturated carbocycles. The van der Waals surface area contributed by atoms with Crippen molar-refractivity contribution in [3.05, 3.63) is 107 Å². The van der Waals surface area contributed by atoms with E-state index in [2.05, 4.69) is 32.0 Å². The van der Waals surface area contributed by atoms with E-state index in [1.807, 2.05) is 60.7 Å². The Morgan fingerprint density at radius 2 is 1.08 bits per heavy atom. The fourth-order valence-corrected chi connectivity index (χ4v) is 3.63. The minimum absolute atomic E-state index is 0.591. The highest BCUT2D eigenvalue weighted by Crippen LogP contribution is 2.35. The van der Waals surface area contributed by atoms with Crippen LogP contribution < -0.4 is 0 Å². The van der Waals surface area contributed by atoms with Crippen molar-refractivity contribution in [2.45, 2.75) is 38.7 Å². The first kappa shape index (κ1) is 17.4. The lowest BCUT2D eigenvalue weighted by Gasteiger charge is -2.31. The topological polar surface area (TPSA) is 20.2 Å². The van der Waals surface area contributed by atoms with Crippen LogP contribution in [0.25, 0.3) is 0 Å². The van der Waals surface area contributed by atoms with E-state index >= 15 is 0 Å². The van der Waals surface area contributed by atoms with Crippen LogP contribution in [0.1, 0.15) is 41.7 Å². The summed E-state index contributed by atoms with van der Waals surface area (Å²) >= 11 is 0. The van der Waals surface area contributed by atoms with Crippen LogP contribution >= 0.6 is 0 Å². The fraction of sp³-hybridized carbons (Fsp3) is 0.250. The van der Waals surface area contributed by atoms with Crippen molar-refractivity contribution in [1.29, 1.82) is 0 Å². The second kappa shape index (κ2) is 7.67.